The predicted molar refractivity (Wildman–Crippen MR) is 235 cm³/mol. The van der Waals surface area contributed by atoms with Gasteiger partial charge in [0, 0.05) is 38.8 Å². The van der Waals surface area contributed by atoms with Crippen LogP contribution in [0.2, 0.25) is 0 Å². The molecule has 3 aliphatic rings. The van der Waals surface area contributed by atoms with Crippen LogP contribution in [0.3, 0.4) is 0 Å². The van der Waals surface area contributed by atoms with Gasteiger partial charge in [-0.05, 0) is 134 Å². The molecule has 8 aromatic rings. The molecule has 2 aliphatic heterocycles. The number of anilines is 5. The predicted octanol–water partition coefficient (Wildman–Crippen LogP) is 14.5. The van der Waals surface area contributed by atoms with Gasteiger partial charge in [0.15, 0.2) is 0 Å². The van der Waals surface area contributed by atoms with Crippen molar-refractivity contribution >= 4 is 73.9 Å². The van der Waals surface area contributed by atoms with E-state index in [0.717, 1.165) is 13.0 Å². The lowest BCUT2D eigenvalue weighted by molar-refractivity contribution is 0.659. The third kappa shape index (κ3) is 5.25. The van der Waals surface area contributed by atoms with Crippen molar-refractivity contribution in [1.29, 1.82) is 0 Å². The van der Waals surface area contributed by atoms with E-state index in [-0.39, 0.29) is 5.41 Å². The summed E-state index contributed by atoms with van der Waals surface area (Å²) in [6.07, 6.45) is 6.88. The Labute approximate surface area is 327 Å². The van der Waals surface area contributed by atoms with E-state index in [4.69, 9.17) is 0 Å². The number of aryl methyl sites for hydroxylation is 1. The zero-order valence-corrected chi connectivity index (χ0v) is 31.9. The summed E-state index contributed by atoms with van der Waals surface area (Å²) in [6, 6.07) is 58.8. The van der Waals surface area contributed by atoms with Gasteiger partial charge in [-0.2, -0.15) is 0 Å². The first-order valence-electron chi connectivity index (χ1n) is 19.5. The zero-order valence-electron chi connectivity index (χ0n) is 31.1. The van der Waals surface area contributed by atoms with Crippen molar-refractivity contribution in [3.63, 3.8) is 0 Å². The first kappa shape index (κ1) is 32.4. The number of fused-ring (bicyclic) bond motifs is 9. The minimum Gasteiger partial charge on any atom is -0.341 e. The molecule has 264 valence electrons. The van der Waals surface area contributed by atoms with E-state index < -0.39 is 0 Å². The molecule has 0 bridgehead atoms. The average molecular weight is 725 g/mol. The molecule has 2 heterocycles. The summed E-state index contributed by atoms with van der Waals surface area (Å²) in [5.74, 6) is 0. The van der Waals surface area contributed by atoms with Gasteiger partial charge in [0.2, 0.25) is 0 Å². The highest BCUT2D eigenvalue weighted by Gasteiger charge is 2.36. The Kier molecular flexibility index (Phi) is 7.37. The van der Waals surface area contributed by atoms with Crippen LogP contribution in [-0.4, -0.2) is 6.54 Å². The molecule has 0 aromatic heterocycles. The number of hydrogen-bond donors (Lipinski definition) is 0. The van der Waals surface area contributed by atoms with E-state index in [1.165, 1.54) is 105 Å². The summed E-state index contributed by atoms with van der Waals surface area (Å²) in [5.41, 5.74) is 15.6. The maximum atomic E-state index is 2.52. The Bertz CT molecular complexity index is 2840. The van der Waals surface area contributed by atoms with E-state index in [9.17, 15) is 0 Å². The summed E-state index contributed by atoms with van der Waals surface area (Å²) < 4.78 is 0. The van der Waals surface area contributed by atoms with Gasteiger partial charge < -0.3 is 9.80 Å². The molecule has 0 atom stereocenters. The maximum absolute atomic E-state index is 2.52. The van der Waals surface area contributed by atoms with Crippen molar-refractivity contribution in [3.8, 4) is 11.1 Å². The molecule has 11 rings (SSSR count). The highest BCUT2D eigenvalue weighted by Crippen LogP contribution is 2.52. The van der Waals surface area contributed by atoms with E-state index in [0.29, 0.717) is 0 Å². The van der Waals surface area contributed by atoms with Crippen LogP contribution in [-0.2, 0) is 11.8 Å². The Balaban J connectivity index is 0.879. The lowest BCUT2D eigenvalue weighted by Crippen LogP contribution is -2.25. The number of nitrogens with zero attached hydrogens (tertiary/aromatic N) is 2. The topological polar surface area (TPSA) is 6.48 Å². The minimum atomic E-state index is -0.0799. The van der Waals surface area contributed by atoms with E-state index in [1.54, 1.807) is 0 Å². The molecule has 0 fully saturated rings. The summed E-state index contributed by atoms with van der Waals surface area (Å²) in [4.78, 5) is 7.48. The van der Waals surface area contributed by atoms with Crippen LogP contribution in [0.25, 0.3) is 44.8 Å². The third-order valence-corrected chi connectivity index (χ3v) is 13.2. The fourth-order valence-corrected chi connectivity index (χ4v) is 10.4. The van der Waals surface area contributed by atoms with E-state index in [1.807, 2.05) is 11.8 Å². The Morgan fingerprint density at radius 1 is 0.527 bits per heavy atom. The lowest BCUT2D eigenvalue weighted by Gasteiger charge is -2.33. The van der Waals surface area contributed by atoms with E-state index >= 15 is 0 Å². The van der Waals surface area contributed by atoms with Gasteiger partial charge in [-0.15, -0.1) is 0 Å². The summed E-state index contributed by atoms with van der Waals surface area (Å²) >= 11 is 1.85. The van der Waals surface area contributed by atoms with Crippen LogP contribution >= 0.6 is 11.8 Å². The molecule has 0 N–H and O–H groups in total. The standard InChI is InChI=1S/C52H40N2S/c1-52(2)45-31-35(20-26-43(45)44-28-23-39(33-46(44)52)53-29-9-11-36-10-3-4-12-47(36)53)18-17-34-19-25-41-37(30-34)21-22-38-32-40(24-27-42(38)41)54-48-13-5-7-15-50(48)55-51-16-8-6-14-49(51)54/h3-8,10,12-28,30-33H,9,11,29H2,1-2H3. The molecule has 3 heteroatoms. The molecule has 55 heavy (non-hydrogen) atoms. The van der Waals surface area contributed by atoms with Crippen molar-refractivity contribution < 1.29 is 0 Å². The molecule has 0 amide bonds. The molecule has 8 aromatic carbocycles. The van der Waals surface area contributed by atoms with Crippen LogP contribution in [0, 0.1) is 0 Å². The van der Waals surface area contributed by atoms with Gasteiger partial charge in [0.05, 0.1) is 11.4 Å². The molecular formula is C52H40N2S. The van der Waals surface area contributed by atoms with Crippen molar-refractivity contribution in [2.45, 2.75) is 41.9 Å². The van der Waals surface area contributed by atoms with Crippen LogP contribution in [0.4, 0.5) is 28.4 Å². The third-order valence-electron chi connectivity index (χ3n) is 12.1. The van der Waals surface area contributed by atoms with E-state index in [2.05, 4.69) is 194 Å². The first-order chi connectivity index (χ1) is 27.0. The van der Waals surface area contributed by atoms with Gasteiger partial charge in [-0.25, -0.2) is 0 Å². The monoisotopic (exact) mass is 724 g/mol. The Hall–Kier alpha value is -6.03. The second-order valence-corrected chi connectivity index (χ2v) is 16.8. The van der Waals surface area contributed by atoms with Crippen LogP contribution in [0.15, 0.2) is 168 Å². The normalized spacial score (nSPS) is 15.2. The smallest absolute Gasteiger partial charge is 0.0601 e. The maximum Gasteiger partial charge on any atom is 0.0601 e. The van der Waals surface area contributed by atoms with Crippen molar-refractivity contribution in [2.24, 2.45) is 0 Å². The van der Waals surface area contributed by atoms with Crippen LogP contribution < -0.4 is 9.80 Å². The number of para-hydroxylation sites is 3. The largest absolute Gasteiger partial charge is 0.341 e. The number of hydrogen-bond acceptors (Lipinski definition) is 3. The van der Waals surface area contributed by atoms with Gasteiger partial charge in [0.25, 0.3) is 0 Å². The molecular weight excluding hydrogens is 685 g/mol. The van der Waals surface area contributed by atoms with Gasteiger partial charge in [-0.1, -0.05) is 135 Å². The molecule has 0 spiro atoms. The molecule has 0 saturated heterocycles. The highest BCUT2D eigenvalue weighted by atomic mass is 32.2. The fourth-order valence-electron chi connectivity index (χ4n) is 9.31. The summed E-state index contributed by atoms with van der Waals surface area (Å²) in [5, 5.41) is 5.06. The Morgan fingerprint density at radius 2 is 1.11 bits per heavy atom. The SMILES string of the molecule is CC1(C)c2cc(C=Cc3ccc4c(ccc5cc(N6c7ccccc7Sc7ccccc76)ccc54)c3)ccc2-c2ccc(N3CCCc4ccccc43)cc21. The molecule has 2 nitrogen and oxygen atoms in total. The summed E-state index contributed by atoms with van der Waals surface area (Å²) in [6.45, 7) is 5.84. The second-order valence-electron chi connectivity index (χ2n) is 15.7. The number of benzene rings is 8. The van der Waals surface area contributed by atoms with Gasteiger partial charge in [0.1, 0.15) is 0 Å². The average Bonchev–Trinajstić information content (AvgIpc) is 3.46. The second kappa shape index (κ2) is 12.5. The lowest BCUT2D eigenvalue weighted by atomic mass is 9.81. The molecule has 0 saturated carbocycles. The Morgan fingerprint density at radius 3 is 1.87 bits per heavy atom. The summed E-state index contributed by atoms with van der Waals surface area (Å²) in [7, 11) is 0. The van der Waals surface area contributed by atoms with Crippen LogP contribution in [0.1, 0.15) is 48.1 Å². The quantitative estimate of drug-likeness (QED) is 0.132. The van der Waals surface area contributed by atoms with Gasteiger partial charge >= 0.3 is 0 Å². The first-order valence-corrected chi connectivity index (χ1v) is 20.3. The van der Waals surface area contributed by atoms with Crippen molar-refractivity contribution in [1.82, 2.24) is 0 Å². The zero-order chi connectivity index (χ0) is 36.7. The molecule has 0 unspecified atom stereocenters. The highest BCUT2D eigenvalue weighted by molar-refractivity contribution is 7.99. The van der Waals surface area contributed by atoms with Crippen LogP contribution in [0.5, 0.6) is 0 Å². The number of rotatable bonds is 4. The minimum absolute atomic E-state index is 0.0799. The van der Waals surface area contributed by atoms with Gasteiger partial charge in [-0.3, -0.25) is 0 Å². The van der Waals surface area contributed by atoms with Crippen molar-refractivity contribution in [2.75, 3.05) is 16.3 Å². The fraction of sp³-hybridized carbons (Fsp3) is 0.115. The van der Waals surface area contributed by atoms with Crippen molar-refractivity contribution in [3.05, 3.63) is 186 Å². The molecule has 1 aliphatic carbocycles. The molecule has 0 radical (unpaired) electrons.